The normalized spacial score (nSPS) is 23.6. The van der Waals surface area contributed by atoms with Gasteiger partial charge in [-0.15, -0.1) is 6.58 Å². The highest BCUT2D eigenvalue weighted by Gasteiger charge is 3.01. The minimum Gasteiger partial charge on any atom is -0.478 e. The zero-order chi connectivity index (χ0) is 25.8. The second-order valence-electron chi connectivity index (χ2n) is 7.33. The van der Waals surface area contributed by atoms with Crippen LogP contribution in [0.3, 0.4) is 0 Å². The highest BCUT2D eigenvalue weighted by Crippen LogP contribution is 2.72. The van der Waals surface area contributed by atoms with Crippen molar-refractivity contribution < 1.29 is 58.2 Å². The fraction of sp³-hybridized carbons (Fsp3) is 0.526. The summed E-state index contributed by atoms with van der Waals surface area (Å²) in [7, 11) is 0. The van der Waals surface area contributed by atoms with Crippen molar-refractivity contribution in [2.24, 2.45) is 0 Å². The van der Waals surface area contributed by atoms with E-state index >= 15 is 4.39 Å². The molecule has 0 atom stereocenters. The number of halogens is 12. The van der Waals surface area contributed by atoms with Crippen LogP contribution < -0.4 is 0 Å². The van der Waals surface area contributed by atoms with Gasteiger partial charge < -0.3 is 5.11 Å². The number of rotatable bonds is 7. The van der Waals surface area contributed by atoms with Gasteiger partial charge in [-0.25, -0.2) is 9.18 Å². The van der Waals surface area contributed by atoms with Crippen molar-refractivity contribution in [2.45, 2.75) is 61.0 Å². The van der Waals surface area contributed by atoms with Gasteiger partial charge in [0.25, 0.3) is 5.67 Å². The van der Waals surface area contributed by atoms with Gasteiger partial charge >= 0.3 is 35.6 Å². The number of hydrogen-bond acceptors (Lipinski definition) is 1. The second-order valence-corrected chi connectivity index (χ2v) is 8.49. The molecule has 1 saturated carbocycles. The number of carbonyl (C=O) groups is 1. The zero-order valence-corrected chi connectivity index (χ0v) is 18.3. The van der Waals surface area contributed by atoms with Crippen LogP contribution in [0.15, 0.2) is 24.8 Å². The van der Waals surface area contributed by atoms with Gasteiger partial charge in [-0.3, -0.25) is 0 Å². The maximum Gasteiger partial charge on any atom is 0.384 e. The molecule has 1 aromatic rings. The molecular weight excluding hydrogens is 596 g/mol. The summed E-state index contributed by atoms with van der Waals surface area (Å²) in [6.45, 7) is 3.40. The van der Waals surface area contributed by atoms with Crippen LogP contribution in [0, 0.1) is 3.57 Å². The van der Waals surface area contributed by atoms with Crippen LogP contribution in [0.1, 0.15) is 40.7 Å². The van der Waals surface area contributed by atoms with E-state index in [0.29, 0.717) is 18.9 Å². The molecule has 0 radical (unpaired) electrons. The molecule has 0 bridgehead atoms. The largest absolute Gasteiger partial charge is 0.478 e. The molecule has 0 saturated heterocycles. The van der Waals surface area contributed by atoms with Gasteiger partial charge in [-0.05, 0) is 59.9 Å². The van der Waals surface area contributed by atoms with Crippen molar-refractivity contribution in [3.8, 4) is 0 Å². The summed E-state index contributed by atoms with van der Waals surface area (Å²) < 4.78 is 155. The Balaban J connectivity index is 2.96. The number of alkyl halides is 11. The monoisotopic (exact) mass is 610 g/mol. The second kappa shape index (κ2) is 8.26. The molecule has 2 nitrogen and oxygen atoms in total. The fourth-order valence-electron chi connectivity index (χ4n) is 3.55. The topological polar surface area (TPSA) is 37.3 Å². The molecular formula is C19H14F11IO2. The number of unbranched alkanes of at least 4 members (excludes halogenated alkanes) is 2. The molecule has 0 amide bonds. The van der Waals surface area contributed by atoms with Crippen LogP contribution >= 0.6 is 22.6 Å². The third-order valence-electron chi connectivity index (χ3n) is 5.35. The molecule has 2 rings (SSSR count). The number of hydrogen-bond donors (Lipinski definition) is 1. The van der Waals surface area contributed by atoms with Gasteiger partial charge in [0, 0.05) is 9.13 Å². The summed E-state index contributed by atoms with van der Waals surface area (Å²) in [4.78, 5) is 11.7. The fourth-order valence-corrected chi connectivity index (χ4v) is 4.37. The SMILES string of the molecule is C=CCCCCc1ccc(I)c(C2(F)C(F)(F)C(F)(F)C(F)(F)C(F)(F)C2(F)F)c1C(=O)O. The minimum atomic E-state index is -7.38. The van der Waals surface area contributed by atoms with Crippen molar-refractivity contribution >= 4 is 28.6 Å². The third kappa shape index (κ3) is 3.36. The lowest BCUT2D eigenvalue weighted by Gasteiger charge is -2.53. The van der Waals surface area contributed by atoms with Crippen molar-refractivity contribution in [1.82, 2.24) is 0 Å². The maximum absolute atomic E-state index is 15.6. The molecule has 0 heterocycles. The highest BCUT2D eigenvalue weighted by atomic mass is 127. The number of benzene rings is 1. The Morgan fingerprint density at radius 1 is 0.848 bits per heavy atom. The molecule has 0 unspecified atom stereocenters. The van der Waals surface area contributed by atoms with E-state index in [9.17, 15) is 53.8 Å². The van der Waals surface area contributed by atoms with Crippen LogP contribution in [0.5, 0.6) is 0 Å². The molecule has 0 aliphatic heterocycles. The molecule has 14 heteroatoms. The number of aromatic carboxylic acids is 1. The van der Waals surface area contributed by atoms with Crippen LogP contribution in [0.25, 0.3) is 0 Å². The van der Waals surface area contributed by atoms with Crippen LogP contribution in [-0.4, -0.2) is 40.7 Å². The third-order valence-corrected chi connectivity index (χ3v) is 6.25. The summed E-state index contributed by atoms with van der Waals surface area (Å²) in [6.07, 6.45) is 1.79. The van der Waals surface area contributed by atoms with E-state index in [-0.39, 0.29) is 6.42 Å². The number of carboxylic acid groups (broad SMARTS) is 1. The predicted octanol–water partition coefficient (Wildman–Crippen LogP) is 7.24. The first-order valence-corrected chi connectivity index (χ1v) is 10.1. The first kappa shape index (κ1) is 27.6. The molecule has 0 aromatic heterocycles. The van der Waals surface area contributed by atoms with E-state index in [1.54, 1.807) is 0 Å². The summed E-state index contributed by atoms with van der Waals surface area (Å²) in [6, 6.07) is 1.44. The Kier molecular flexibility index (Phi) is 6.91. The number of allylic oxidation sites excluding steroid dienone is 1. The standard InChI is InChI=1S/C19H14F11IO2/c1-2-3-4-5-6-9-7-8-10(31)12(11(9)13(32)33)14(20)15(21,22)17(25,26)19(29,30)18(27,28)16(14,23)24/h2,7-8H,1,3-6H2,(H,32,33). The van der Waals surface area contributed by atoms with E-state index in [1.807, 2.05) is 0 Å². The van der Waals surface area contributed by atoms with Gasteiger partial charge in [0.15, 0.2) is 0 Å². The van der Waals surface area contributed by atoms with Crippen LogP contribution in [-0.2, 0) is 12.1 Å². The summed E-state index contributed by atoms with van der Waals surface area (Å²) in [5.74, 6) is -38.7. The quantitative estimate of drug-likeness (QED) is 0.153. The molecule has 33 heavy (non-hydrogen) atoms. The van der Waals surface area contributed by atoms with Gasteiger partial charge in [0.2, 0.25) is 0 Å². The first-order chi connectivity index (χ1) is 14.8. The van der Waals surface area contributed by atoms with Crippen LogP contribution in [0.4, 0.5) is 48.3 Å². The first-order valence-electron chi connectivity index (χ1n) is 9.03. The van der Waals surface area contributed by atoms with Crippen molar-refractivity contribution in [3.63, 3.8) is 0 Å². The lowest BCUT2D eigenvalue weighted by Crippen LogP contribution is -2.82. The van der Waals surface area contributed by atoms with Gasteiger partial charge in [-0.1, -0.05) is 12.1 Å². The Morgan fingerprint density at radius 3 is 1.73 bits per heavy atom. The summed E-state index contributed by atoms with van der Waals surface area (Å²) in [5.41, 5.74) is -11.3. The minimum absolute atomic E-state index is 0.0583. The maximum atomic E-state index is 15.6. The Labute approximate surface area is 193 Å². The average Bonchev–Trinajstić information content (AvgIpc) is 2.69. The van der Waals surface area contributed by atoms with Gasteiger partial charge in [-0.2, -0.15) is 43.9 Å². The lowest BCUT2D eigenvalue weighted by molar-refractivity contribution is -0.489. The van der Waals surface area contributed by atoms with Crippen molar-refractivity contribution in [1.29, 1.82) is 0 Å². The van der Waals surface area contributed by atoms with E-state index in [4.69, 9.17) is 0 Å². The Morgan fingerprint density at radius 2 is 1.30 bits per heavy atom. The van der Waals surface area contributed by atoms with E-state index in [2.05, 4.69) is 6.58 Å². The lowest BCUT2D eigenvalue weighted by atomic mass is 9.67. The summed E-state index contributed by atoms with van der Waals surface area (Å²) in [5, 5.41) is 9.42. The van der Waals surface area contributed by atoms with Crippen molar-refractivity contribution in [3.05, 3.63) is 45.0 Å². The Bertz CT molecular complexity index is 929. The van der Waals surface area contributed by atoms with Crippen molar-refractivity contribution in [2.75, 3.05) is 0 Å². The van der Waals surface area contributed by atoms with E-state index in [0.717, 1.165) is 28.7 Å². The number of aryl methyl sites for hydroxylation is 1. The van der Waals surface area contributed by atoms with E-state index < -0.39 is 67.9 Å². The number of carboxylic acids is 1. The molecule has 0 spiro atoms. The molecule has 1 N–H and O–H groups in total. The summed E-state index contributed by atoms with van der Waals surface area (Å²) >= 11 is 0.805. The van der Waals surface area contributed by atoms with Gasteiger partial charge in [0.1, 0.15) is 0 Å². The average molecular weight is 610 g/mol. The smallest absolute Gasteiger partial charge is 0.384 e. The van der Waals surface area contributed by atoms with Gasteiger partial charge in [0.05, 0.1) is 5.56 Å². The molecule has 1 aliphatic rings. The predicted molar refractivity (Wildman–Crippen MR) is 101 cm³/mol. The zero-order valence-electron chi connectivity index (χ0n) is 16.2. The Hall–Kier alpha value is -1.61. The molecule has 186 valence electrons. The molecule has 1 fully saturated rings. The highest BCUT2D eigenvalue weighted by molar-refractivity contribution is 14.1. The van der Waals surface area contributed by atoms with E-state index in [1.165, 1.54) is 6.08 Å². The van der Waals surface area contributed by atoms with Crippen LogP contribution in [0.2, 0.25) is 0 Å². The molecule has 1 aliphatic carbocycles. The molecule has 1 aromatic carbocycles.